The molecule has 0 unspecified atom stereocenters. The van der Waals surface area contributed by atoms with Gasteiger partial charge in [0, 0.05) is 5.69 Å². The molecular weight excluding hydrogens is 375 g/mol. The van der Waals surface area contributed by atoms with E-state index in [-0.39, 0.29) is 10.1 Å². The van der Waals surface area contributed by atoms with Gasteiger partial charge in [-0.3, -0.25) is 0 Å². The summed E-state index contributed by atoms with van der Waals surface area (Å²) in [5.74, 6) is -0.865. The molecule has 2 aromatic carbocycles. The van der Waals surface area contributed by atoms with Crippen LogP contribution < -0.4 is 10.6 Å². The molecule has 0 aliphatic heterocycles. The SMILES string of the molecule is Fc1ccc(C(F)(F)F)cc1NC(=S)Nc1ccc(Cl)c(Cl)c1. The van der Waals surface area contributed by atoms with E-state index in [9.17, 15) is 17.6 Å². The van der Waals surface area contributed by atoms with Gasteiger partial charge in [-0.1, -0.05) is 23.2 Å². The lowest BCUT2D eigenvalue weighted by atomic mass is 10.2. The summed E-state index contributed by atoms with van der Waals surface area (Å²) in [6.45, 7) is 0. The van der Waals surface area contributed by atoms with Crippen LogP contribution in [0.4, 0.5) is 28.9 Å². The second-order valence-corrected chi connectivity index (χ2v) is 5.62. The Hall–Kier alpha value is -1.57. The fourth-order valence-electron chi connectivity index (χ4n) is 1.66. The molecular formula is C14H8Cl2F4N2S. The number of rotatable bonds is 2. The van der Waals surface area contributed by atoms with Gasteiger partial charge in [0.25, 0.3) is 0 Å². The monoisotopic (exact) mass is 382 g/mol. The normalized spacial score (nSPS) is 11.2. The minimum Gasteiger partial charge on any atom is -0.332 e. The molecule has 0 aromatic heterocycles. The Morgan fingerprint density at radius 2 is 1.65 bits per heavy atom. The largest absolute Gasteiger partial charge is 0.416 e. The van der Waals surface area contributed by atoms with Crippen molar-refractivity contribution in [2.45, 2.75) is 6.18 Å². The average Bonchev–Trinajstić information content (AvgIpc) is 2.44. The van der Waals surface area contributed by atoms with Gasteiger partial charge in [-0.2, -0.15) is 13.2 Å². The lowest BCUT2D eigenvalue weighted by Gasteiger charge is -2.14. The minimum atomic E-state index is -4.58. The maximum atomic E-state index is 13.6. The van der Waals surface area contributed by atoms with E-state index in [0.717, 1.165) is 0 Å². The van der Waals surface area contributed by atoms with Gasteiger partial charge in [0.05, 0.1) is 21.3 Å². The van der Waals surface area contributed by atoms with E-state index in [4.69, 9.17) is 35.4 Å². The van der Waals surface area contributed by atoms with E-state index < -0.39 is 23.2 Å². The van der Waals surface area contributed by atoms with Crippen LogP contribution in [0.5, 0.6) is 0 Å². The molecule has 2 nitrogen and oxygen atoms in total. The number of anilines is 2. The van der Waals surface area contributed by atoms with E-state index >= 15 is 0 Å². The summed E-state index contributed by atoms with van der Waals surface area (Å²) in [5, 5.41) is 5.55. The summed E-state index contributed by atoms with van der Waals surface area (Å²) in [5.41, 5.74) is -0.930. The molecule has 23 heavy (non-hydrogen) atoms. The zero-order chi connectivity index (χ0) is 17.2. The van der Waals surface area contributed by atoms with E-state index in [2.05, 4.69) is 10.6 Å². The first-order chi connectivity index (χ1) is 10.7. The van der Waals surface area contributed by atoms with Crippen LogP contribution in [0, 0.1) is 5.82 Å². The molecule has 0 amide bonds. The van der Waals surface area contributed by atoms with Crippen molar-refractivity contribution in [2.24, 2.45) is 0 Å². The van der Waals surface area contributed by atoms with Crippen LogP contribution in [0.25, 0.3) is 0 Å². The summed E-state index contributed by atoms with van der Waals surface area (Å²) in [4.78, 5) is 0. The first-order valence-electron chi connectivity index (χ1n) is 6.06. The fourth-order valence-corrected chi connectivity index (χ4v) is 2.18. The third kappa shape index (κ3) is 4.70. The molecule has 0 saturated carbocycles. The van der Waals surface area contributed by atoms with Crippen LogP contribution in [-0.4, -0.2) is 5.11 Å². The Kier molecular flexibility index (Phi) is 5.33. The number of halogens is 6. The summed E-state index contributed by atoms with van der Waals surface area (Å²) < 4.78 is 51.5. The molecule has 2 N–H and O–H groups in total. The summed E-state index contributed by atoms with van der Waals surface area (Å²) in [6, 6.07) is 6.55. The molecule has 0 atom stereocenters. The van der Waals surface area contributed by atoms with Gasteiger partial charge in [-0.15, -0.1) is 0 Å². The number of hydrogen-bond acceptors (Lipinski definition) is 1. The predicted molar refractivity (Wildman–Crippen MR) is 87.7 cm³/mol. The second-order valence-electron chi connectivity index (χ2n) is 4.40. The molecule has 0 fully saturated rings. The standard InChI is InChI=1S/C14H8Cl2F4N2S/c15-9-3-2-8(6-10(9)16)21-13(23)22-12-5-7(14(18,19)20)1-4-11(12)17/h1-6H,(H2,21,22,23). The van der Waals surface area contributed by atoms with E-state index in [1.165, 1.54) is 12.1 Å². The molecule has 0 aliphatic carbocycles. The molecule has 0 spiro atoms. The Labute approximate surface area is 144 Å². The first kappa shape index (κ1) is 17.8. The summed E-state index contributed by atoms with van der Waals surface area (Å²) in [6.07, 6.45) is -4.58. The molecule has 122 valence electrons. The van der Waals surface area contributed by atoms with Crippen molar-refractivity contribution in [3.05, 3.63) is 57.8 Å². The highest BCUT2D eigenvalue weighted by Crippen LogP contribution is 2.32. The third-order valence-electron chi connectivity index (χ3n) is 2.72. The van der Waals surface area contributed by atoms with Crippen LogP contribution >= 0.6 is 35.4 Å². The zero-order valence-electron chi connectivity index (χ0n) is 11.1. The lowest BCUT2D eigenvalue weighted by Crippen LogP contribution is -2.20. The smallest absolute Gasteiger partial charge is 0.332 e. The van der Waals surface area contributed by atoms with Gasteiger partial charge in [-0.05, 0) is 48.6 Å². The molecule has 0 saturated heterocycles. The van der Waals surface area contributed by atoms with E-state index in [1.807, 2.05) is 0 Å². The molecule has 2 rings (SSSR count). The Morgan fingerprint density at radius 3 is 2.26 bits per heavy atom. The lowest BCUT2D eigenvalue weighted by molar-refractivity contribution is -0.137. The predicted octanol–water partition coefficient (Wildman–Crippen LogP) is 5.96. The quantitative estimate of drug-likeness (QED) is 0.494. The van der Waals surface area contributed by atoms with E-state index in [0.29, 0.717) is 28.9 Å². The van der Waals surface area contributed by atoms with Gasteiger partial charge in [0.1, 0.15) is 5.82 Å². The van der Waals surface area contributed by atoms with Crippen molar-refractivity contribution in [2.75, 3.05) is 10.6 Å². The molecule has 9 heteroatoms. The van der Waals surface area contributed by atoms with Gasteiger partial charge in [-0.25, -0.2) is 4.39 Å². The van der Waals surface area contributed by atoms with Crippen molar-refractivity contribution in [1.82, 2.24) is 0 Å². The van der Waals surface area contributed by atoms with Crippen molar-refractivity contribution in [3.63, 3.8) is 0 Å². The van der Waals surface area contributed by atoms with E-state index in [1.54, 1.807) is 6.07 Å². The maximum absolute atomic E-state index is 13.6. The number of hydrogen-bond donors (Lipinski definition) is 2. The molecule has 0 radical (unpaired) electrons. The van der Waals surface area contributed by atoms with Gasteiger partial charge < -0.3 is 10.6 Å². The summed E-state index contributed by atoms with van der Waals surface area (Å²) in [7, 11) is 0. The van der Waals surface area contributed by atoms with Crippen LogP contribution in [-0.2, 0) is 6.18 Å². The Bertz CT molecular complexity index is 750. The number of nitrogens with one attached hydrogen (secondary N) is 2. The highest BCUT2D eigenvalue weighted by molar-refractivity contribution is 7.80. The van der Waals surface area contributed by atoms with Crippen molar-refractivity contribution in [3.8, 4) is 0 Å². The Morgan fingerprint density at radius 1 is 0.957 bits per heavy atom. The highest BCUT2D eigenvalue weighted by Gasteiger charge is 2.31. The van der Waals surface area contributed by atoms with Crippen LogP contribution in [0.2, 0.25) is 10.0 Å². The Balaban J connectivity index is 2.15. The minimum absolute atomic E-state index is 0.0957. The van der Waals surface area contributed by atoms with Gasteiger partial charge in [0.15, 0.2) is 5.11 Å². The van der Waals surface area contributed by atoms with Crippen LogP contribution in [0.3, 0.4) is 0 Å². The molecule has 0 heterocycles. The van der Waals surface area contributed by atoms with Crippen molar-refractivity contribution >= 4 is 51.9 Å². The maximum Gasteiger partial charge on any atom is 0.416 e. The van der Waals surface area contributed by atoms with Crippen molar-refractivity contribution < 1.29 is 17.6 Å². The topological polar surface area (TPSA) is 24.1 Å². The molecule has 0 aliphatic rings. The second kappa shape index (κ2) is 6.90. The van der Waals surface area contributed by atoms with Crippen LogP contribution in [0.15, 0.2) is 36.4 Å². The van der Waals surface area contributed by atoms with Crippen molar-refractivity contribution in [1.29, 1.82) is 0 Å². The third-order valence-corrected chi connectivity index (χ3v) is 3.66. The van der Waals surface area contributed by atoms with Gasteiger partial charge in [0.2, 0.25) is 0 Å². The summed E-state index contributed by atoms with van der Waals surface area (Å²) >= 11 is 16.5. The number of alkyl halides is 3. The molecule has 2 aromatic rings. The molecule has 0 bridgehead atoms. The average molecular weight is 383 g/mol. The fraction of sp³-hybridized carbons (Fsp3) is 0.0714. The number of benzene rings is 2. The zero-order valence-corrected chi connectivity index (χ0v) is 13.5. The number of thiocarbonyl (C=S) groups is 1. The first-order valence-corrected chi connectivity index (χ1v) is 7.23. The van der Waals surface area contributed by atoms with Crippen LogP contribution in [0.1, 0.15) is 5.56 Å². The highest BCUT2D eigenvalue weighted by atomic mass is 35.5. The van der Waals surface area contributed by atoms with Gasteiger partial charge >= 0.3 is 6.18 Å².